The van der Waals surface area contributed by atoms with Crippen LogP contribution in [0.15, 0.2) is 30.3 Å². The van der Waals surface area contributed by atoms with Gasteiger partial charge in [0, 0.05) is 9.75 Å². The first-order valence-electron chi connectivity index (χ1n) is 5.71. The summed E-state index contributed by atoms with van der Waals surface area (Å²) in [7, 11) is 0. The molecular formula is C14H13F3OS. The number of benzene rings is 1. The van der Waals surface area contributed by atoms with Crippen LogP contribution in [0.2, 0.25) is 0 Å². The Kier molecular flexibility index (Phi) is 3.69. The predicted molar refractivity (Wildman–Crippen MR) is 69.3 cm³/mol. The zero-order chi connectivity index (χ0) is 14.2. The molecule has 102 valence electrons. The maximum atomic E-state index is 12.6. The number of thiophene rings is 1. The van der Waals surface area contributed by atoms with Crippen LogP contribution in [-0.2, 0) is 6.18 Å². The minimum absolute atomic E-state index is 0.438. The van der Waals surface area contributed by atoms with E-state index in [1.807, 2.05) is 13.0 Å². The van der Waals surface area contributed by atoms with Crippen molar-refractivity contribution in [2.75, 3.05) is 0 Å². The second kappa shape index (κ2) is 4.98. The Bertz CT molecular complexity index is 587. The van der Waals surface area contributed by atoms with E-state index in [0.717, 1.165) is 21.9 Å². The van der Waals surface area contributed by atoms with Gasteiger partial charge in [-0.05, 0) is 49.2 Å². The molecule has 19 heavy (non-hydrogen) atoms. The molecule has 0 aliphatic carbocycles. The maximum absolute atomic E-state index is 12.6. The van der Waals surface area contributed by atoms with E-state index in [4.69, 9.17) is 0 Å². The van der Waals surface area contributed by atoms with E-state index in [2.05, 4.69) is 0 Å². The molecule has 1 aromatic carbocycles. The van der Waals surface area contributed by atoms with Gasteiger partial charge >= 0.3 is 6.18 Å². The summed E-state index contributed by atoms with van der Waals surface area (Å²) in [6, 6.07) is 7.09. The van der Waals surface area contributed by atoms with Gasteiger partial charge in [-0.25, -0.2) is 0 Å². The van der Waals surface area contributed by atoms with Crippen LogP contribution >= 0.6 is 11.3 Å². The van der Waals surface area contributed by atoms with Crippen LogP contribution in [-0.4, -0.2) is 5.11 Å². The molecule has 1 heterocycles. The molecule has 0 radical (unpaired) electrons. The van der Waals surface area contributed by atoms with Crippen LogP contribution in [0.1, 0.15) is 32.5 Å². The van der Waals surface area contributed by atoms with E-state index >= 15 is 0 Å². The molecule has 0 aliphatic heterocycles. The molecule has 2 aromatic rings. The molecule has 0 amide bonds. The van der Waals surface area contributed by atoms with Crippen molar-refractivity contribution >= 4 is 11.3 Å². The summed E-state index contributed by atoms with van der Waals surface area (Å²) in [5, 5.41) is 10.2. The molecule has 1 atom stereocenters. The Morgan fingerprint density at radius 2 is 1.79 bits per heavy atom. The summed E-state index contributed by atoms with van der Waals surface area (Å²) in [5.74, 6) is 0. The average molecular weight is 286 g/mol. The molecule has 0 saturated carbocycles. The lowest BCUT2D eigenvalue weighted by molar-refractivity contribution is -0.137. The van der Waals surface area contributed by atoms with Gasteiger partial charge in [0.1, 0.15) is 6.10 Å². The lowest BCUT2D eigenvalue weighted by Gasteiger charge is -2.14. The largest absolute Gasteiger partial charge is 0.416 e. The molecule has 1 nitrogen and oxygen atoms in total. The third kappa shape index (κ3) is 2.98. The molecular weight excluding hydrogens is 273 g/mol. The molecule has 2 rings (SSSR count). The maximum Gasteiger partial charge on any atom is 0.416 e. The fraction of sp³-hybridized carbons (Fsp3) is 0.286. The van der Waals surface area contributed by atoms with E-state index in [9.17, 15) is 18.3 Å². The highest BCUT2D eigenvalue weighted by molar-refractivity contribution is 7.12. The highest BCUT2D eigenvalue weighted by atomic mass is 32.1. The molecule has 0 bridgehead atoms. The molecule has 0 fully saturated rings. The minimum Gasteiger partial charge on any atom is -0.383 e. The zero-order valence-corrected chi connectivity index (χ0v) is 11.3. The number of aliphatic hydroxyl groups excluding tert-OH is 1. The average Bonchev–Trinajstić information content (AvgIpc) is 2.73. The first-order chi connectivity index (χ1) is 8.79. The van der Waals surface area contributed by atoms with Crippen LogP contribution in [0.5, 0.6) is 0 Å². The van der Waals surface area contributed by atoms with Gasteiger partial charge in [-0.3, -0.25) is 0 Å². The number of rotatable bonds is 2. The SMILES string of the molecule is Cc1ccc(C(O)c2ccc(C(F)(F)F)cc2C)s1. The zero-order valence-electron chi connectivity index (χ0n) is 10.5. The standard InChI is InChI=1S/C14H13F3OS/c1-8-7-10(14(15,16)17)4-5-11(8)13(18)12-6-3-9(2)19-12/h3-7,13,18H,1-2H3. The third-order valence-electron chi connectivity index (χ3n) is 2.92. The van der Waals surface area contributed by atoms with E-state index in [1.165, 1.54) is 17.4 Å². The minimum atomic E-state index is -4.35. The quantitative estimate of drug-likeness (QED) is 0.864. The highest BCUT2D eigenvalue weighted by Gasteiger charge is 2.31. The van der Waals surface area contributed by atoms with Crippen molar-refractivity contribution in [2.24, 2.45) is 0 Å². The number of halogens is 3. The monoisotopic (exact) mass is 286 g/mol. The number of hydrogen-bond donors (Lipinski definition) is 1. The lowest BCUT2D eigenvalue weighted by Crippen LogP contribution is -2.07. The molecule has 1 unspecified atom stereocenters. The van der Waals surface area contributed by atoms with Gasteiger partial charge in [0.15, 0.2) is 0 Å². The Morgan fingerprint density at radius 3 is 2.26 bits per heavy atom. The fourth-order valence-corrected chi connectivity index (χ4v) is 2.80. The molecule has 0 saturated heterocycles. The number of aliphatic hydroxyl groups is 1. The predicted octanol–water partition coefficient (Wildman–Crippen LogP) is 4.47. The van der Waals surface area contributed by atoms with Gasteiger partial charge in [0.05, 0.1) is 5.56 Å². The van der Waals surface area contributed by atoms with Crippen LogP contribution in [0.4, 0.5) is 13.2 Å². The fourth-order valence-electron chi connectivity index (χ4n) is 1.91. The Morgan fingerprint density at radius 1 is 1.11 bits per heavy atom. The normalized spacial score (nSPS) is 13.6. The molecule has 5 heteroatoms. The van der Waals surface area contributed by atoms with Crippen molar-refractivity contribution in [1.29, 1.82) is 0 Å². The van der Waals surface area contributed by atoms with Gasteiger partial charge < -0.3 is 5.11 Å². The first kappa shape index (κ1) is 14.1. The topological polar surface area (TPSA) is 20.2 Å². The first-order valence-corrected chi connectivity index (χ1v) is 6.53. The van der Waals surface area contributed by atoms with Crippen molar-refractivity contribution in [3.8, 4) is 0 Å². The number of hydrogen-bond acceptors (Lipinski definition) is 2. The summed E-state index contributed by atoms with van der Waals surface area (Å²) in [6.45, 7) is 3.49. The van der Waals surface area contributed by atoms with Crippen LogP contribution < -0.4 is 0 Å². The molecule has 1 aromatic heterocycles. The molecule has 0 spiro atoms. The second-order valence-corrected chi connectivity index (χ2v) is 5.74. The van der Waals surface area contributed by atoms with Crippen molar-refractivity contribution in [3.63, 3.8) is 0 Å². The summed E-state index contributed by atoms with van der Waals surface area (Å²) >= 11 is 1.44. The third-order valence-corrected chi connectivity index (χ3v) is 3.98. The van der Waals surface area contributed by atoms with Crippen LogP contribution in [0.3, 0.4) is 0 Å². The Hall–Kier alpha value is -1.33. The van der Waals surface area contributed by atoms with Crippen molar-refractivity contribution in [1.82, 2.24) is 0 Å². The van der Waals surface area contributed by atoms with Crippen molar-refractivity contribution in [3.05, 3.63) is 56.8 Å². The van der Waals surface area contributed by atoms with E-state index in [0.29, 0.717) is 11.1 Å². The summed E-state index contributed by atoms with van der Waals surface area (Å²) in [6.07, 6.45) is -5.23. The molecule has 1 N–H and O–H groups in total. The smallest absolute Gasteiger partial charge is 0.383 e. The van der Waals surface area contributed by atoms with Gasteiger partial charge in [0.25, 0.3) is 0 Å². The van der Waals surface area contributed by atoms with E-state index in [-0.39, 0.29) is 0 Å². The lowest BCUT2D eigenvalue weighted by atomic mass is 9.99. The Labute approximate surface area is 113 Å². The number of alkyl halides is 3. The van der Waals surface area contributed by atoms with Crippen LogP contribution in [0, 0.1) is 13.8 Å². The van der Waals surface area contributed by atoms with E-state index in [1.54, 1.807) is 13.0 Å². The van der Waals surface area contributed by atoms with Gasteiger partial charge in [0.2, 0.25) is 0 Å². The summed E-state index contributed by atoms with van der Waals surface area (Å²) in [5.41, 5.74) is 0.256. The van der Waals surface area contributed by atoms with Gasteiger partial charge in [-0.15, -0.1) is 11.3 Å². The van der Waals surface area contributed by atoms with Crippen molar-refractivity contribution in [2.45, 2.75) is 26.1 Å². The second-order valence-electron chi connectivity index (χ2n) is 4.42. The number of aryl methyl sites for hydroxylation is 2. The van der Waals surface area contributed by atoms with Gasteiger partial charge in [-0.2, -0.15) is 13.2 Å². The molecule has 0 aliphatic rings. The summed E-state index contributed by atoms with van der Waals surface area (Å²) in [4.78, 5) is 1.79. The highest BCUT2D eigenvalue weighted by Crippen LogP contribution is 2.34. The van der Waals surface area contributed by atoms with Crippen molar-refractivity contribution < 1.29 is 18.3 Å². The summed E-state index contributed by atoms with van der Waals surface area (Å²) < 4.78 is 37.7. The van der Waals surface area contributed by atoms with Crippen LogP contribution in [0.25, 0.3) is 0 Å². The van der Waals surface area contributed by atoms with Gasteiger partial charge in [-0.1, -0.05) is 6.07 Å². The van der Waals surface area contributed by atoms with E-state index < -0.39 is 17.8 Å². The Balaban J connectivity index is 2.36.